The van der Waals surface area contributed by atoms with E-state index in [1.807, 2.05) is 0 Å². The van der Waals surface area contributed by atoms with Gasteiger partial charge in [-0.25, -0.2) is 0 Å². The SMILES string of the molecule is CCCC/C=C(\C)OB(CCCC)CCCC. The average molecular weight is 238 g/mol. The summed E-state index contributed by atoms with van der Waals surface area (Å²) in [5, 5.41) is 0. The summed E-state index contributed by atoms with van der Waals surface area (Å²) in [6, 6.07) is 0. The van der Waals surface area contributed by atoms with Gasteiger partial charge in [-0.05, 0) is 38.5 Å². The predicted octanol–water partition coefficient (Wildman–Crippen LogP) is 5.69. The highest BCUT2D eigenvalue weighted by atomic mass is 16.4. The molecule has 100 valence electrons. The Labute approximate surface area is 109 Å². The summed E-state index contributed by atoms with van der Waals surface area (Å²) in [5.41, 5.74) is 0. The molecular weight excluding hydrogens is 207 g/mol. The van der Waals surface area contributed by atoms with Crippen LogP contribution in [0.1, 0.15) is 72.6 Å². The highest BCUT2D eigenvalue weighted by Gasteiger charge is 2.15. The van der Waals surface area contributed by atoms with E-state index in [4.69, 9.17) is 4.65 Å². The first kappa shape index (κ1) is 16.6. The van der Waals surface area contributed by atoms with Crippen molar-refractivity contribution >= 4 is 6.92 Å². The summed E-state index contributed by atoms with van der Waals surface area (Å²) in [6.45, 7) is 9.30. The molecule has 0 aliphatic rings. The van der Waals surface area contributed by atoms with Crippen molar-refractivity contribution in [2.45, 2.75) is 85.3 Å². The molecule has 2 heteroatoms. The third-order valence-corrected chi connectivity index (χ3v) is 3.10. The lowest BCUT2D eigenvalue weighted by Gasteiger charge is -2.16. The van der Waals surface area contributed by atoms with Crippen molar-refractivity contribution < 1.29 is 4.65 Å². The van der Waals surface area contributed by atoms with Crippen LogP contribution >= 0.6 is 0 Å². The number of hydrogen-bond donors (Lipinski definition) is 0. The molecule has 1 nitrogen and oxygen atoms in total. The van der Waals surface area contributed by atoms with Gasteiger partial charge in [0, 0.05) is 0 Å². The Morgan fingerprint density at radius 1 is 0.941 bits per heavy atom. The molecule has 0 aromatic rings. The first-order valence-electron chi connectivity index (χ1n) is 7.57. The molecule has 0 heterocycles. The highest BCUT2D eigenvalue weighted by Crippen LogP contribution is 2.15. The van der Waals surface area contributed by atoms with E-state index < -0.39 is 0 Å². The van der Waals surface area contributed by atoms with E-state index in [0.717, 1.165) is 12.2 Å². The minimum absolute atomic E-state index is 0.452. The topological polar surface area (TPSA) is 9.23 Å². The molecule has 0 spiro atoms. The maximum atomic E-state index is 6.06. The molecule has 0 radical (unpaired) electrons. The van der Waals surface area contributed by atoms with Gasteiger partial charge in [0.15, 0.2) is 0 Å². The molecule has 0 aromatic heterocycles. The van der Waals surface area contributed by atoms with Crippen LogP contribution in [0.25, 0.3) is 0 Å². The third-order valence-electron chi connectivity index (χ3n) is 3.10. The van der Waals surface area contributed by atoms with E-state index in [2.05, 4.69) is 33.8 Å². The van der Waals surface area contributed by atoms with Crippen LogP contribution in [0, 0.1) is 0 Å². The molecule has 0 saturated carbocycles. The Morgan fingerprint density at radius 2 is 1.47 bits per heavy atom. The average Bonchev–Trinajstić information content (AvgIpc) is 2.33. The number of hydrogen-bond acceptors (Lipinski definition) is 1. The second-order valence-corrected chi connectivity index (χ2v) is 4.98. The van der Waals surface area contributed by atoms with E-state index in [9.17, 15) is 0 Å². The van der Waals surface area contributed by atoms with Gasteiger partial charge in [0.05, 0.1) is 5.76 Å². The normalized spacial score (nSPS) is 11.6. The molecule has 0 rings (SSSR count). The van der Waals surface area contributed by atoms with Gasteiger partial charge in [0.1, 0.15) is 0 Å². The lowest BCUT2D eigenvalue weighted by molar-refractivity contribution is 0.423. The van der Waals surface area contributed by atoms with Crippen LogP contribution < -0.4 is 0 Å². The number of rotatable bonds is 11. The summed E-state index contributed by atoms with van der Waals surface area (Å²) >= 11 is 0. The fourth-order valence-electron chi connectivity index (χ4n) is 1.95. The lowest BCUT2D eigenvalue weighted by Crippen LogP contribution is -2.16. The first-order valence-corrected chi connectivity index (χ1v) is 7.57. The van der Waals surface area contributed by atoms with Gasteiger partial charge in [-0.1, -0.05) is 52.9 Å². The van der Waals surface area contributed by atoms with Crippen molar-refractivity contribution in [1.29, 1.82) is 0 Å². The van der Waals surface area contributed by atoms with Crippen molar-refractivity contribution in [1.82, 2.24) is 0 Å². The minimum Gasteiger partial charge on any atom is -0.564 e. The molecule has 0 unspecified atom stereocenters. The maximum absolute atomic E-state index is 6.06. The van der Waals surface area contributed by atoms with Crippen LogP contribution in [0.5, 0.6) is 0 Å². The molecule has 0 aliphatic heterocycles. The molecule has 0 aromatic carbocycles. The predicted molar refractivity (Wildman–Crippen MR) is 79.6 cm³/mol. The minimum atomic E-state index is 0.452. The summed E-state index contributed by atoms with van der Waals surface area (Å²) in [6.07, 6.45) is 13.5. The number of allylic oxidation sites excluding steroid dienone is 2. The summed E-state index contributed by atoms with van der Waals surface area (Å²) < 4.78 is 6.06. The van der Waals surface area contributed by atoms with Crippen LogP contribution in [-0.2, 0) is 4.65 Å². The van der Waals surface area contributed by atoms with Gasteiger partial charge >= 0.3 is 6.92 Å². The Balaban J connectivity index is 3.96. The van der Waals surface area contributed by atoms with E-state index in [1.54, 1.807) is 0 Å². The van der Waals surface area contributed by atoms with Gasteiger partial charge in [-0.3, -0.25) is 0 Å². The van der Waals surface area contributed by atoms with Gasteiger partial charge in [0.25, 0.3) is 0 Å². The van der Waals surface area contributed by atoms with Crippen LogP contribution in [-0.4, -0.2) is 6.92 Å². The smallest absolute Gasteiger partial charge is 0.357 e. The summed E-state index contributed by atoms with van der Waals surface area (Å²) in [5.74, 6) is 1.13. The second-order valence-electron chi connectivity index (χ2n) is 4.98. The molecular formula is C15H31BO. The third kappa shape index (κ3) is 10.5. The Morgan fingerprint density at radius 3 is 1.94 bits per heavy atom. The Hall–Kier alpha value is -0.395. The van der Waals surface area contributed by atoms with Crippen molar-refractivity contribution in [3.05, 3.63) is 11.8 Å². The molecule has 0 bridgehead atoms. The second kappa shape index (κ2) is 12.1. The fourth-order valence-corrected chi connectivity index (χ4v) is 1.95. The molecule has 0 aliphatic carbocycles. The number of unbranched alkanes of at least 4 members (excludes halogenated alkanes) is 4. The van der Waals surface area contributed by atoms with E-state index in [0.29, 0.717) is 6.92 Å². The van der Waals surface area contributed by atoms with Gasteiger partial charge in [0.2, 0.25) is 0 Å². The lowest BCUT2D eigenvalue weighted by atomic mass is 9.59. The summed E-state index contributed by atoms with van der Waals surface area (Å²) in [4.78, 5) is 0. The molecule has 0 amide bonds. The Bertz CT molecular complexity index is 181. The van der Waals surface area contributed by atoms with Crippen LogP contribution in [0.3, 0.4) is 0 Å². The molecule has 17 heavy (non-hydrogen) atoms. The monoisotopic (exact) mass is 238 g/mol. The van der Waals surface area contributed by atoms with E-state index in [1.165, 1.54) is 51.2 Å². The van der Waals surface area contributed by atoms with Crippen molar-refractivity contribution in [3.8, 4) is 0 Å². The molecule has 0 N–H and O–H groups in total. The van der Waals surface area contributed by atoms with Crippen LogP contribution in [0.4, 0.5) is 0 Å². The first-order chi connectivity index (χ1) is 8.24. The van der Waals surface area contributed by atoms with Crippen LogP contribution in [0.15, 0.2) is 11.8 Å². The zero-order valence-corrected chi connectivity index (χ0v) is 12.4. The highest BCUT2D eigenvalue weighted by molar-refractivity contribution is 6.52. The van der Waals surface area contributed by atoms with Crippen molar-refractivity contribution in [2.75, 3.05) is 0 Å². The zero-order valence-electron chi connectivity index (χ0n) is 12.4. The van der Waals surface area contributed by atoms with Gasteiger partial charge < -0.3 is 4.65 Å². The van der Waals surface area contributed by atoms with Gasteiger partial charge in [-0.2, -0.15) is 0 Å². The largest absolute Gasteiger partial charge is 0.564 e. The maximum Gasteiger partial charge on any atom is 0.357 e. The molecule has 0 saturated heterocycles. The fraction of sp³-hybridized carbons (Fsp3) is 0.867. The Kier molecular flexibility index (Phi) is 11.8. The van der Waals surface area contributed by atoms with Crippen molar-refractivity contribution in [2.24, 2.45) is 0 Å². The standard InChI is InChI=1S/C15H31BO/c1-5-8-11-12-15(4)17-16(13-9-6-2)14-10-7-3/h12H,5-11,13-14H2,1-4H3/b15-12+. The molecule has 0 atom stereocenters. The van der Waals surface area contributed by atoms with E-state index in [-0.39, 0.29) is 0 Å². The quantitative estimate of drug-likeness (QED) is 0.255. The van der Waals surface area contributed by atoms with Gasteiger partial charge in [-0.15, -0.1) is 0 Å². The molecule has 0 fully saturated rings. The van der Waals surface area contributed by atoms with Crippen molar-refractivity contribution in [3.63, 3.8) is 0 Å². The van der Waals surface area contributed by atoms with E-state index >= 15 is 0 Å². The van der Waals surface area contributed by atoms with Crippen LogP contribution in [0.2, 0.25) is 12.6 Å². The summed E-state index contributed by atoms with van der Waals surface area (Å²) in [7, 11) is 0. The zero-order chi connectivity index (χ0) is 12.9.